The van der Waals surface area contributed by atoms with Gasteiger partial charge in [0, 0.05) is 12.1 Å². The predicted octanol–water partition coefficient (Wildman–Crippen LogP) is 8.38. The monoisotopic (exact) mass is 527 g/mol. The summed E-state index contributed by atoms with van der Waals surface area (Å²) in [5.74, 6) is 1.37. The minimum Gasteiger partial charge on any atom is -0.343 e. The number of amides is 1. The summed E-state index contributed by atoms with van der Waals surface area (Å²) < 4.78 is 2.23. The molecule has 1 saturated carbocycles. The van der Waals surface area contributed by atoms with E-state index >= 15 is 0 Å². The largest absolute Gasteiger partial charge is 0.343 e. The van der Waals surface area contributed by atoms with Crippen molar-refractivity contribution in [3.05, 3.63) is 125 Å². The van der Waals surface area contributed by atoms with Gasteiger partial charge in [0.05, 0.1) is 16.6 Å². The number of aryl methyl sites for hydroxylation is 1. The molecule has 202 valence electrons. The summed E-state index contributed by atoms with van der Waals surface area (Å²) in [6.07, 6.45) is 4.20. The van der Waals surface area contributed by atoms with Gasteiger partial charge in [-0.25, -0.2) is 4.98 Å². The van der Waals surface area contributed by atoms with E-state index in [0.717, 1.165) is 49.1 Å². The Morgan fingerprint density at radius 3 is 2.33 bits per heavy atom. The van der Waals surface area contributed by atoms with Crippen LogP contribution in [0.2, 0.25) is 0 Å². The van der Waals surface area contributed by atoms with Crippen molar-refractivity contribution >= 4 is 16.9 Å². The highest BCUT2D eigenvalue weighted by molar-refractivity contribution is 5.98. The molecule has 1 aliphatic rings. The second kappa shape index (κ2) is 10.8. The van der Waals surface area contributed by atoms with Gasteiger partial charge in [0.15, 0.2) is 0 Å². The van der Waals surface area contributed by atoms with Gasteiger partial charge < -0.3 is 9.88 Å². The molecule has 1 N–H and O–H groups in total. The molecule has 0 atom stereocenters. The van der Waals surface area contributed by atoms with Gasteiger partial charge in [-0.1, -0.05) is 106 Å². The van der Waals surface area contributed by atoms with E-state index in [2.05, 4.69) is 96.5 Å². The van der Waals surface area contributed by atoms with Gasteiger partial charge in [-0.2, -0.15) is 0 Å². The van der Waals surface area contributed by atoms with Gasteiger partial charge in [-0.3, -0.25) is 4.79 Å². The van der Waals surface area contributed by atoms with Crippen LogP contribution in [-0.4, -0.2) is 15.5 Å². The Hall–Kier alpha value is -4.18. The highest BCUT2D eigenvalue weighted by atomic mass is 16.1. The van der Waals surface area contributed by atoms with Crippen LogP contribution in [0.1, 0.15) is 78.3 Å². The first kappa shape index (κ1) is 26.1. The minimum absolute atomic E-state index is 0.0255. The number of aromatic nitrogens is 2. The van der Waals surface area contributed by atoms with Gasteiger partial charge in [0.1, 0.15) is 5.82 Å². The third kappa shape index (κ3) is 5.06. The number of nitrogens with zero attached hydrogens (tertiary/aromatic N) is 2. The molecule has 4 heteroatoms. The predicted molar refractivity (Wildman–Crippen MR) is 164 cm³/mol. The molecule has 0 saturated heterocycles. The van der Waals surface area contributed by atoms with Crippen LogP contribution in [0.3, 0.4) is 0 Å². The molecule has 0 spiro atoms. The maximum absolute atomic E-state index is 13.6. The van der Waals surface area contributed by atoms with Crippen LogP contribution in [0.15, 0.2) is 97.1 Å². The standard InChI is InChI=1S/C36H37N3O/c1-25(2)30-12-9-13-32(22-30)36(20-7-8-21-36)38-35(40)31-18-19-34-33(23-31)37-26(3)39(34)24-27-14-16-29(17-15-27)28-10-5-4-6-11-28/h4-6,9-19,22-23,25H,7-8,20-21,24H2,1-3H3,(H,38,40). The lowest BCUT2D eigenvalue weighted by Crippen LogP contribution is -2.43. The van der Waals surface area contributed by atoms with E-state index in [9.17, 15) is 4.79 Å². The summed E-state index contributed by atoms with van der Waals surface area (Å²) in [5.41, 5.74) is 8.44. The highest BCUT2D eigenvalue weighted by Crippen LogP contribution is 2.40. The van der Waals surface area contributed by atoms with Crippen molar-refractivity contribution in [3.8, 4) is 11.1 Å². The third-order valence-electron chi connectivity index (χ3n) is 8.52. The molecule has 5 aromatic rings. The maximum atomic E-state index is 13.6. The molecule has 1 aliphatic carbocycles. The normalized spacial score (nSPS) is 14.6. The van der Waals surface area contributed by atoms with E-state index in [4.69, 9.17) is 4.98 Å². The number of imidazole rings is 1. The fraction of sp³-hybridized carbons (Fsp3) is 0.278. The van der Waals surface area contributed by atoms with Crippen molar-refractivity contribution in [2.45, 2.75) is 64.5 Å². The molecular weight excluding hydrogens is 490 g/mol. The number of carbonyl (C=O) groups excluding carboxylic acids is 1. The first-order valence-corrected chi connectivity index (χ1v) is 14.5. The molecule has 0 unspecified atom stereocenters. The van der Waals surface area contributed by atoms with E-state index in [1.165, 1.54) is 27.8 Å². The van der Waals surface area contributed by atoms with Crippen LogP contribution in [0.5, 0.6) is 0 Å². The molecule has 1 fully saturated rings. The molecule has 4 nitrogen and oxygen atoms in total. The Balaban J connectivity index is 1.23. The number of hydrogen-bond acceptors (Lipinski definition) is 2. The van der Waals surface area contributed by atoms with Crippen molar-refractivity contribution in [2.24, 2.45) is 0 Å². The number of nitrogens with one attached hydrogen (secondary N) is 1. The van der Waals surface area contributed by atoms with Gasteiger partial charge in [-0.15, -0.1) is 0 Å². The van der Waals surface area contributed by atoms with Gasteiger partial charge in [0.25, 0.3) is 5.91 Å². The van der Waals surface area contributed by atoms with Crippen LogP contribution in [-0.2, 0) is 12.1 Å². The fourth-order valence-electron chi connectivity index (χ4n) is 6.16. The summed E-state index contributed by atoms with van der Waals surface area (Å²) in [4.78, 5) is 18.5. The summed E-state index contributed by atoms with van der Waals surface area (Å²) >= 11 is 0. The number of rotatable bonds is 7. The van der Waals surface area contributed by atoms with Crippen molar-refractivity contribution < 1.29 is 4.79 Å². The van der Waals surface area contributed by atoms with Crippen molar-refractivity contribution in [1.82, 2.24) is 14.9 Å². The third-order valence-corrected chi connectivity index (χ3v) is 8.52. The topological polar surface area (TPSA) is 46.9 Å². The van der Waals surface area contributed by atoms with E-state index < -0.39 is 0 Å². The Kier molecular flexibility index (Phi) is 7.02. The minimum atomic E-state index is -0.307. The fourth-order valence-corrected chi connectivity index (χ4v) is 6.16. The lowest BCUT2D eigenvalue weighted by atomic mass is 9.85. The van der Waals surface area contributed by atoms with Gasteiger partial charge in [-0.05, 0) is 71.7 Å². The smallest absolute Gasteiger partial charge is 0.252 e. The quantitative estimate of drug-likeness (QED) is 0.231. The van der Waals surface area contributed by atoms with Gasteiger partial charge in [0.2, 0.25) is 0 Å². The van der Waals surface area contributed by atoms with Crippen LogP contribution in [0, 0.1) is 6.92 Å². The summed E-state index contributed by atoms with van der Waals surface area (Å²) in [7, 11) is 0. The highest BCUT2D eigenvalue weighted by Gasteiger charge is 2.37. The zero-order valence-corrected chi connectivity index (χ0v) is 23.7. The molecule has 0 aliphatic heterocycles. The lowest BCUT2D eigenvalue weighted by Gasteiger charge is -2.32. The van der Waals surface area contributed by atoms with E-state index in [0.29, 0.717) is 11.5 Å². The van der Waals surface area contributed by atoms with Gasteiger partial charge >= 0.3 is 0 Å². The second-order valence-electron chi connectivity index (χ2n) is 11.5. The average Bonchev–Trinajstić information content (AvgIpc) is 3.58. The van der Waals surface area contributed by atoms with Crippen molar-refractivity contribution in [2.75, 3.05) is 0 Å². The number of hydrogen-bond donors (Lipinski definition) is 1. The Bertz CT molecular complexity index is 1640. The molecule has 1 amide bonds. The molecule has 0 bridgehead atoms. The van der Waals surface area contributed by atoms with Crippen LogP contribution in [0.4, 0.5) is 0 Å². The number of fused-ring (bicyclic) bond motifs is 1. The Labute approximate surface area is 237 Å². The molecular formula is C36H37N3O. The molecule has 4 aromatic carbocycles. The SMILES string of the molecule is Cc1nc2cc(C(=O)NC3(c4cccc(C(C)C)c4)CCCC3)ccc2n1Cc1ccc(-c2ccccc2)cc1. The van der Waals surface area contributed by atoms with Crippen LogP contribution < -0.4 is 5.32 Å². The molecule has 0 radical (unpaired) electrons. The average molecular weight is 528 g/mol. The lowest BCUT2D eigenvalue weighted by molar-refractivity contribution is 0.0898. The summed E-state index contributed by atoms with van der Waals surface area (Å²) in [5, 5.41) is 3.46. The first-order chi connectivity index (χ1) is 19.4. The Morgan fingerprint density at radius 1 is 0.875 bits per heavy atom. The van der Waals surface area contributed by atoms with E-state index in [-0.39, 0.29) is 11.4 Å². The molecule has 1 aromatic heterocycles. The zero-order valence-electron chi connectivity index (χ0n) is 23.7. The summed E-state index contributed by atoms with van der Waals surface area (Å²) in [6.45, 7) is 7.20. The number of benzene rings is 4. The molecule has 6 rings (SSSR count). The van der Waals surface area contributed by atoms with Crippen molar-refractivity contribution in [3.63, 3.8) is 0 Å². The van der Waals surface area contributed by atoms with E-state index in [1.807, 2.05) is 31.2 Å². The van der Waals surface area contributed by atoms with E-state index in [1.54, 1.807) is 0 Å². The van der Waals surface area contributed by atoms with Crippen LogP contribution >= 0.6 is 0 Å². The van der Waals surface area contributed by atoms with Crippen molar-refractivity contribution in [1.29, 1.82) is 0 Å². The molecule has 1 heterocycles. The first-order valence-electron chi connectivity index (χ1n) is 14.5. The van der Waals surface area contributed by atoms with Crippen LogP contribution in [0.25, 0.3) is 22.2 Å². The Morgan fingerprint density at radius 2 is 1.60 bits per heavy atom. The maximum Gasteiger partial charge on any atom is 0.252 e. The second-order valence-corrected chi connectivity index (χ2v) is 11.5. The number of carbonyl (C=O) groups is 1. The molecule has 40 heavy (non-hydrogen) atoms. The zero-order chi connectivity index (χ0) is 27.7. The summed E-state index contributed by atoms with van der Waals surface area (Å²) in [6, 6.07) is 33.9.